The topological polar surface area (TPSA) is 60.0 Å². The molecule has 0 aliphatic carbocycles. The fraction of sp³-hybridized carbons (Fsp3) is 0.318. The molecule has 1 aliphatic rings. The van der Waals surface area contributed by atoms with Gasteiger partial charge in [-0.2, -0.15) is 0 Å². The maximum absolute atomic E-state index is 12.2. The summed E-state index contributed by atoms with van der Waals surface area (Å²) >= 11 is 0. The summed E-state index contributed by atoms with van der Waals surface area (Å²) in [6, 6.07) is 15.4. The second-order valence-corrected chi connectivity index (χ2v) is 6.72. The van der Waals surface area contributed by atoms with Crippen molar-refractivity contribution in [3.63, 3.8) is 0 Å². The molecule has 6 nitrogen and oxygen atoms in total. The van der Waals surface area contributed by atoms with E-state index in [0.717, 1.165) is 17.1 Å². The van der Waals surface area contributed by atoms with Gasteiger partial charge in [0.1, 0.15) is 25.1 Å². The number of benzene rings is 2. The highest BCUT2D eigenvalue weighted by Crippen LogP contribution is 2.30. The second-order valence-electron chi connectivity index (χ2n) is 6.72. The van der Waals surface area contributed by atoms with Crippen molar-refractivity contribution in [2.45, 2.75) is 12.6 Å². The number of hydrogen-bond acceptors (Lipinski definition) is 5. The Bertz CT molecular complexity index is 791. The van der Waals surface area contributed by atoms with Gasteiger partial charge in [0.25, 0.3) is 0 Å². The van der Waals surface area contributed by atoms with Gasteiger partial charge in [-0.15, -0.1) is 0 Å². The van der Waals surface area contributed by atoms with Crippen LogP contribution in [0.25, 0.3) is 0 Å². The van der Waals surface area contributed by atoms with E-state index in [1.807, 2.05) is 60.5 Å². The molecule has 0 saturated carbocycles. The molecule has 0 saturated heterocycles. The zero-order valence-corrected chi connectivity index (χ0v) is 16.1. The lowest BCUT2D eigenvalue weighted by Gasteiger charge is -2.26. The predicted octanol–water partition coefficient (Wildman–Crippen LogP) is 2.64. The molecule has 1 aliphatic heterocycles. The normalized spacial score (nSPS) is 15.1. The van der Waals surface area contributed by atoms with E-state index in [0.29, 0.717) is 38.6 Å². The third-order valence-electron chi connectivity index (χ3n) is 4.25. The van der Waals surface area contributed by atoms with Gasteiger partial charge >= 0.3 is 0 Å². The number of nitrogens with zero attached hydrogens (tertiary/aromatic N) is 1. The molecule has 0 spiro atoms. The fourth-order valence-corrected chi connectivity index (χ4v) is 2.91. The maximum Gasteiger partial charge on any atom is 0.234 e. The summed E-state index contributed by atoms with van der Waals surface area (Å²) in [6.07, 6.45) is 1.52. The van der Waals surface area contributed by atoms with E-state index >= 15 is 0 Å². The van der Waals surface area contributed by atoms with Crippen molar-refractivity contribution >= 4 is 5.91 Å². The van der Waals surface area contributed by atoms with E-state index in [1.165, 1.54) is 0 Å². The average molecular weight is 382 g/mol. The maximum atomic E-state index is 12.2. The molecule has 0 aromatic heterocycles. The monoisotopic (exact) mass is 382 g/mol. The molecular formula is C22H26N2O4. The van der Waals surface area contributed by atoms with Gasteiger partial charge in [0.2, 0.25) is 5.91 Å². The van der Waals surface area contributed by atoms with E-state index in [2.05, 4.69) is 11.9 Å². The molecule has 6 heteroatoms. The van der Waals surface area contributed by atoms with Gasteiger partial charge in [0, 0.05) is 6.54 Å². The number of hydrogen-bond donors (Lipinski definition) is 1. The number of para-hydroxylation sites is 2. The Labute approximate surface area is 165 Å². The molecule has 1 atom stereocenters. The van der Waals surface area contributed by atoms with Crippen molar-refractivity contribution in [1.29, 1.82) is 0 Å². The van der Waals surface area contributed by atoms with E-state index < -0.39 is 0 Å². The number of rotatable bonds is 9. The van der Waals surface area contributed by atoms with E-state index in [9.17, 15) is 4.79 Å². The van der Waals surface area contributed by atoms with Gasteiger partial charge in [-0.25, -0.2) is 0 Å². The van der Waals surface area contributed by atoms with Crippen molar-refractivity contribution < 1.29 is 19.0 Å². The smallest absolute Gasteiger partial charge is 0.234 e. The molecule has 0 bridgehead atoms. The molecule has 1 unspecified atom stereocenters. The molecular weight excluding hydrogens is 356 g/mol. The summed E-state index contributed by atoms with van der Waals surface area (Å²) in [7, 11) is 1.91. The number of carbonyl (C=O) groups is 1. The summed E-state index contributed by atoms with van der Waals surface area (Å²) < 4.78 is 17.0. The standard InChI is InChI=1S/C22H26N2O4/c1-3-12-26-18-10-8-17(9-11-18)14-24(2)15-22(25)23-13-19-16-27-20-6-4-5-7-21(20)28-19/h3-11,19H,1,12-16H2,2H3,(H,23,25). The van der Waals surface area contributed by atoms with E-state index in [4.69, 9.17) is 14.2 Å². The van der Waals surface area contributed by atoms with Crippen LogP contribution < -0.4 is 19.5 Å². The second kappa shape index (κ2) is 9.80. The van der Waals surface area contributed by atoms with Crippen LogP contribution in [0.4, 0.5) is 0 Å². The fourth-order valence-electron chi connectivity index (χ4n) is 2.91. The van der Waals surface area contributed by atoms with E-state index in [-0.39, 0.29) is 12.0 Å². The van der Waals surface area contributed by atoms with Gasteiger partial charge in [-0.1, -0.05) is 36.9 Å². The SMILES string of the molecule is C=CCOc1ccc(CN(C)CC(=O)NCC2COc3ccccc3O2)cc1. The molecule has 2 aromatic carbocycles. The van der Waals surface area contributed by atoms with Gasteiger partial charge in [0.05, 0.1) is 13.1 Å². The highest BCUT2D eigenvalue weighted by atomic mass is 16.6. The van der Waals surface area contributed by atoms with Crippen molar-refractivity contribution in [2.24, 2.45) is 0 Å². The quantitative estimate of drug-likeness (QED) is 0.676. The zero-order chi connectivity index (χ0) is 19.8. The highest BCUT2D eigenvalue weighted by molar-refractivity contribution is 5.78. The highest BCUT2D eigenvalue weighted by Gasteiger charge is 2.21. The Hall–Kier alpha value is -2.99. The first-order valence-corrected chi connectivity index (χ1v) is 9.30. The van der Waals surface area contributed by atoms with Crippen LogP contribution in [0.1, 0.15) is 5.56 Å². The van der Waals surface area contributed by atoms with Crippen LogP contribution in [0.15, 0.2) is 61.2 Å². The number of carbonyl (C=O) groups excluding carboxylic acids is 1. The van der Waals surface area contributed by atoms with Crippen LogP contribution in [-0.4, -0.2) is 50.3 Å². The number of ether oxygens (including phenoxy) is 3. The molecule has 1 amide bonds. The summed E-state index contributed by atoms with van der Waals surface area (Å²) in [5.74, 6) is 2.22. The Kier molecular flexibility index (Phi) is 6.92. The van der Waals surface area contributed by atoms with Crippen molar-refractivity contribution in [2.75, 3.05) is 33.4 Å². The lowest BCUT2D eigenvalue weighted by Crippen LogP contribution is -2.43. The number of nitrogens with one attached hydrogen (secondary N) is 1. The van der Waals surface area contributed by atoms with Crippen molar-refractivity contribution in [3.8, 4) is 17.2 Å². The van der Waals surface area contributed by atoms with Gasteiger partial charge in [-0.05, 0) is 36.9 Å². The van der Waals surface area contributed by atoms with Crippen LogP contribution >= 0.6 is 0 Å². The number of fused-ring (bicyclic) bond motifs is 1. The van der Waals surface area contributed by atoms with Crippen LogP contribution in [0.3, 0.4) is 0 Å². The minimum atomic E-state index is -0.188. The van der Waals surface area contributed by atoms with Crippen LogP contribution in [0.2, 0.25) is 0 Å². The zero-order valence-electron chi connectivity index (χ0n) is 16.1. The Balaban J connectivity index is 1.39. The summed E-state index contributed by atoms with van der Waals surface area (Å²) in [5, 5.41) is 2.92. The van der Waals surface area contributed by atoms with Gasteiger partial charge in [0.15, 0.2) is 11.5 Å². The Morgan fingerprint density at radius 3 is 2.75 bits per heavy atom. The lowest BCUT2D eigenvalue weighted by molar-refractivity contribution is -0.122. The molecule has 1 N–H and O–H groups in total. The van der Waals surface area contributed by atoms with Crippen LogP contribution in [0.5, 0.6) is 17.2 Å². The summed E-state index contributed by atoms with van der Waals surface area (Å²) in [5.41, 5.74) is 1.11. The largest absolute Gasteiger partial charge is 0.490 e. The molecule has 1 heterocycles. The van der Waals surface area contributed by atoms with E-state index in [1.54, 1.807) is 6.08 Å². The molecule has 148 valence electrons. The minimum Gasteiger partial charge on any atom is -0.490 e. The number of likely N-dealkylation sites (N-methyl/N-ethyl adjacent to an activating group) is 1. The van der Waals surface area contributed by atoms with Crippen LogP contribution in [-0.2, 0) is 11.3 Å². The first-order chi connectivity index (χ1) is 13.6. The molecule has 28 heavy (non-hydrogen) atoms. The van der Waals surface area contributed by atoms with Crippen molar-refractivity contribution in [3.05, 3.63) is 66.7 Å². The van der Waals surface area contributed by atoms with Gasteiger partial charge < -0.3 is 19.5 Å². The Morgan fingerprint density at radius 1 is 1.25 bits per heavy atom. The first kappa shape index (κ1) is 19.8. The first-order valence-electron chi connectivity index (χ1n) is 9.30. The Morgan fingerprint density at radius 2 is 2.00 bits per heavy atom. The summed E-state index contributed by atoms with van der Waals surface area (Å²) in [6.45, 7) is 5.93. The molecule has 0 radical (unpaired) electrons. The summed E-state index contributed by atoms with van der Waals surface area (Å²) in [4.78, 5) is 14.2. The average Bonchev–Trinajstić information content (AvgIpc) is 2.71. The van der Waals surface area contributed by atoms with Crippen LogP contribution in [0, 0.1) is 0 Å². The van der Waals surface area contributed by atoms with Crippen molar-refractivity contribution in [1.82, 2.24) is 10.2 Å². The number of amides is 1. The predicted molar refractivity (Wildman–Crippen MR) is 108 cm³/mol. The molecule has 2 aromatic rings. The molecule has 0 fully saturated rings. The molecule has 3 rings (SSSR count). The third-order valence-corrected chi connectivity index (χ3v) is 4.25. The third kappa shape index (κ3) is 5.76. The van der Waals surface area contributed by atoms with Gasteiger partial charge in [-0.3, -0.25) is 9.69 Å². The minimum absolute atomic E-state index is 0.0455. The lowest BCUT2D eigenvalue weighted by atomic mass is 10.2.